The van der Waals surface area contributed by atoms with Gasteiger partial charge in [0.05, 0.1) is 19.1 Å². The van der Waals surface area contributed by atoms with Gasteiger partial charge in [0.2, 0.25) is 15.9 Å². The van der Waals surface area contributed by atoms with Crippen LogP contribution in [0.5, 0.6) is 11.5 Å². The average molecular weight is 504 g/mol. The molecule has 8 nitrogen and oxygen atoms in total. The molecule has 0 radical (unpaired) electrons. The predicted octanol–water partition coefficient (Wildman–Crippen LogP) is 4.34. The van der Waals surface area contributed by atoms with Crippen LogP contribution >= 0.6 is 0 Å². The van der Waals surface area contributed by atoms with Crippen molar-refractivity contribution in [3.8, 4) is 11.5 Å². The number of ether oxygens (including phenoxy) is 2. The van der Waals surface area contributed by atoms with Gasteiger partial charge in [-0.2, -0.15) is 4.31 Å². The molecular formula is C26H37N3O5S. The lowest BCUT2D eigenvalue weighted by atomic mass is 10.0. The highest BCUT2D eigenvalue weighted by molar-refractivity contribution is 7.89. The van der Waals surface area contributed by atoms with Crippen molar-refractivity contribution in [3.05, 3.63) is 48.0 Å². The van der Waals surface area contributed by atoms with Crippen LogP contribution in [0.4, 0.5) is 5.69 Å². The Morgan fingerprint density at radius 3 is 2.06 bits per heavy atom. The Morgan fingerprint density at radius 1 is 0.914 bits per heavy atom. The van der Waals surface area contributed by atoms with Crippen LogP contribution in [0.25, 0.3) is 0 Å². The molecule has 0 spiro atoms. The van der Waals surface area contributed by atoms with Crippen molar-refractivity contribution in [2.75, 3.05) is 32.6 Å². The number of carbonyl (C=O) groups excluding carboxylic acids is 1. The molecule has 1 heterocycles. The first kappa shape index (κ1) is 26.8. The predicted molar refractivity (Wildman–Crippen MR) is 137 cm³/mol. The average Bonchev–Trinajstić information content (AvgIpc) is 3.11. The minimum atomic E-state index is -3.54. The summed E-state index contributed by atoms with van der Waals surface area (Å²) in [5.41, 5.74) is 0.882. The minimum Gasteiger partial charge on any atom is -0.493 e. The van der Waals surface area contributed by atoms with Crippen LogP contribution in [-0.4, -0.2) is 51.5 Å². The van der Waals surface area contributed by atoms with E-state index >= 15 is 0 Å². The van der Waals surface area contributed by atoms with Gasteiger partial charge in [-0.25, -0.2) is 8.42 Å². The maximum absolute atomic E-state index is 13.2. The first-order valence-corrected chi connectivity index (χ1v) is 13.4. The molecule has 0 bridgehead atoms. The molecule has 0 saturated carbocycles. The molecule has 1 fully saturated rings. The SMILES string of the molecule is COc1ccc(C(Nc2ccc(S(=O)(=O)N3CCCCCC3)cc2)C(=O)NC(C)(C)C)cc1OC. The van der Waals surface area contributed by atoms with Gasteiger partial charge in [-0.3, -0.25) is 4.79 Å². The number of hydrogen-bond acceptors (Lipinski definition) is 6. The highest BCUT2D eigenvalue weighted by Gasteiger charge is 2.27. The number of anilines is 1. The largest absolute Gasteiger partial charge is 0.493 e. The lowest BCUT2D eigenvalue weighted by molar-refractivity contribution is -0.123. The molecule has 1 aliphatic rings. The zero-order valence-corrected chi connectivity index (χ0v) is 22.1. The number of nitrogens with one attached hydrogen (secondary N) is 2. The molecule has 2 aromatic carbocycles. The van der Waals surface area contributed by atoms with Gasteiger partial charge in [-0.15, -0.1) is 0 Å². The molecule has 0 aromatic heterocycles. The molecule has 2 aromatic rings. The summed E-state index contributed by atoms with van der Waals surface area (Å²) >= 11 is 0. The molecule has 192 valence electrons. The van der Waals surface area contributed by atoms with Gasteiger partial charge in [-0.1, -0.05) is 18.9 Å². The summed E-state index contributed by atoms with van der Waals surface area (Å²) in [4.78, 5) is 13.5. The number of nitrogens with zero attached hydrogens (tertiary/aromatic N) is 1. The monoisotopic (exact) mass is 503 g/mol. The Bertz CT molecular complexity index is 1100. The zero-order chi connectivity index (χ0) is 25.6. The molecule has 9 heteroatoms. The second kappa shape index (κ2) is 11.3. The number of rotatable bonds is 8. The summed E-state index contributed by atoms with van der Waals surface area (Å²) in [6, 6.07) is 11.2. The topological polar surface area (TPSA) is 97.0 Å². The van der Waals surface area contributed by atoms with E-state index < -0.39 is 21.6 Å². The van der Waals surface area contributed by atoms with Crippen molar-refractivity contribution in [2.45, 2.75) is 62.9 Å². The van der Waals surface area contributed by atoms with Crippen LogP contribution in [0, 0.1) is 0 Å². The van der Waals surface area contributed by atoms with Gasteiger partial charge in [0.25, 0.3) is 0 Å². The third kappa shape index (κ3) is 6.89. The van der Waals surface area contributed by atoms with Crippen molar-refractivity contribution in [3.63, 3.8) is 0 Å². The van der Waals surface area contributed by atoms with Crippen molar-refractivity contribution < 1.29 is 22.7 Å². The highest BCUT2D eigenvalue weighted by Crippen LogP contribution is 2.32. The lowest BCUT2D eigenvalue weighted by Gasteiger charge is -2.27. The molecule has 3 rings (SSSR count). The van der Waals surface area contributed by atoms with Gasteiger partial charge in [0.15, 0.2) is 11.5 Å². The fraction of sp³-hybridized carbons (Fsp3) is 0.500. The lowest BCUT2D eigenvalue weighted by Crippen LogP contribution is -2.44. The number of sulfonamides is 1. The van der Waals surface area contributed by atoms with Gasteiger partial charge < -0.3 is 20.1 Å². The minimum absolute atomic E-state index is 0.217. The molecule has 1 unspecified atom stereocenters. The van der Waals surface area contributed by atoms with Crippen molar-refractivity contribution >= 4 is 21.6 Å². The molecule has 2 N–H and O–H groups in total. The van der Waals surface area contributed by atoms with Gasteiger partial charge in [0.1, 0.15) is 6.04 Å². The van der Waals surface area contributed by atoms with Crippen molar-refractivity contribution in [2.24, 2.45) is 0 Å². The maximum atomic E-state index is 13.2. The normalized spacial score (nSPS) is 16.1. The highest BCUT2D eigenvalue weighted by atomic mass is 32.2. The van der Waals surface area contributed by atoms with Crippen LogP contribution in [0.1, 0.15) is 58.1 Å². The summed E-state index contributed by atoms with van der Waals surface area (Å²) in [6.45, 7) is 6.85. The Kier molecular flexibility index (Phi) is 8.66. The summed E-state index contributed by atoms with van der Waals surface area (Å²) in [5.74, 6) is 0.861. The van der Waals surface area contributed by atoms with Gasteiger partial charge in [-0.05, 0) is 75.6 Å². The number of methoxy groups -OCH3 is 2. The molecular weight excluding hydrogens is 466 g/mol. The van der Waals surface area contributed by atoms with Crippen LogP contribution in [0.2, 0.25) is 0 Å². The van der Waals surface area contributed by atoms with Crippen LogP contribution in [-0.2, 0) is 14.8 Å². The summed E-state index contributed by atoms with van der Waals surface area (Å²) in [6.07, 6.45) is 3.88. The quantitative estimate of drug-likeness (QED) is 0.556. The van der Waals surface area contributed by atoms with Crippen molar-refractivity contribution in [1.29, 1.82) is 0 Å². The fourth-order valence-corrected chi connectivity index (χ4v) is 5.61. The van der Waals surface area contributed by atoms with E-state index in [4.69, 9.17) is 9.47 Å². The second-order valence-electron chi connectivity index (χ2n) is 9.77. The van der Waals surface area contributed by atoms with Gasteiger partial charge >= 0.3 is 0 Å². The zero-order valence-electron chi connectivity index (χ0n) is 21.3. The third-order valence-electron chi connectivity index (χ3n) is 5.87. The van der Waals surface area contributed by atoms with E-state index in [9.17, 15) is 13.2 Å². The van der Waals surface area contributed by atoms with E-state index in [1.54, 1.807) is 61.0 Å². The van der Waals surface area contributed by atoms with Crippen LogP contribution < -0.4 is 20.1 Å². The standard InChI is InChI=1S/C26H37N3O5S/c1-26(2,3)28-25(30)24(19-10-15-22(33-4)23(18-19)34-5)27-20-11-13-21(14-12-20)35(31,32)29-16-8-6-7-9-17-29/h10-15,18,24,27H,6-9,16-17H2,1-5H3,(H,28,30). The summed E-state index contributed by atoms with van der Waals surface area (Å²) in [7, 11) is -0.443. The summed E-state index contributed by atoms with van der Waals surface area (Å²) in [5, 5.41) is 6.27. The molecule has 35 heavy (non-hydrogen) atoms. The molecule has 1 saturated heterocycles. The first-order chi connectivity index (χ1) is 16.5. The Balaban J connectivity index is 1.88. The smallest absolute Gasteiger partial charge is 0.247 e. The number of hydrogen-bond donors (Lipinski definition) is 2. The number of carbonyl (C=O) groups is 1. The van der Waals surface area contributed by atoms with E-state index in [1.165, 1.54) is 0 Å². The first-order valence-electron chi connectivity index (χ1n) is 12.0. The summed E-state index contributed by atoms with van der Waals surface area (Å²) < 4.78 is 38.5. The molecule has 1 aliphatic heterocycles. The third-order valence-corrected chi connectivity index (χ3v) is 7.78. The molecule has 0 aliphatic carbocycles. The van der Waals surface area contributed by atoms with E-state index in [0.29, 0.717) is 35.8 Å². The van der Waals surface area contributed by atoms with E-state index in [-0.39, 0.29) is 10.8 Å². The maximum Gasteiger partial charge on any atom is 0.247 e. The van der Waals surface area contributed by atoms with Gasteiger partial charge in [0, 0.05) is 24.3 Å². The molecule has 1 amide bonds. The fourth-order valence-electron chi connectivity index (χ4n) is 4.10. The van der Waals surface area contributed by atoms with E-state index in [1.807, 2.05) is 20.8 Å². The van der Waals surface area contributed by atoms with E-state index in [2.05, 4.69) is 10.6 Å². The second-order valence-corrected chi connectivity index (χ2v) is 11.7. The molecule has 1 atom stereocenters. The van der Waals surface area contributed by atoms with E-state index in [0.717, 1.165) is 25.7 Å². The number of amides is 1. The Hall–Kier alpha value is -2.78. The van der Waals surface area contributed by atoms with Crippen LogP contribution in [0.3, 0.4) is 0 Å². The van der Waals surface area contributed by atoms with Crippen LogP contribution in [0.15, 0.2) is 47.4 Å². The Labute approximate surface area is 209 Å². The number of benzene rings is 2. The Morgan fingerprint density at radius 2 is 1.51 bits per heavy atom. The van der Waals surface area contributed by atoms with Crippen molar-refractivity contribution in [1.82, 2.24) is 9.62 Å².